The van der Waals surface area contributed by atoms with E-state index in [1.165, 1.54) is 12.1 Å². The van der Waals surface area contributed by atoms with Gasteiger partial charge in [0.15, 0.2) is 0 Å². The molecule has 9 heteroatoms. The molecule has 0 fully saturated rings. The van der Waals surface area contributed by atoms with Crippen LogP contribution >= 0.6 is 0 Å². The van der Waals surface area contributed by atoms with Crippen LogP contribution < -0.4 is 4.72 Å². The van der Waals surface area contributed by atoms with E-state index in [0.29, 0.717) is 6.42 Å². The van der Waals surface area contributed by atoms with Crippen LogP contribution in [0.5, 0.6) is 0 Å². The molecule has 194 valence electrons. The third-order valence-electron chi connectivity index (χ3n) is 6.11. The van der Waals surface area contributed by atoms with E-state index >= 15 is 0 Å². The summed E-state index contributed by atoms with van der Waals surface area (Å²) in [5, 5.41) is 10.4. The summed E-state index contributed by atoms with van der Waals surface area (Å²) in [4.78, 5) is 16.8. The molecule has 0 radical (unpaired) electrons. The molecule has 4 rings (SSSR count). The predicted molar refractivity (Wildman–Crippen MR) is 142 cm³/mol. The van der Waals surface area contributed by atoms with E-state index in [0.717, 1.165) is 45.7 Å². The fourth-order valence-corrected chi connectivity index (χ4v) is 4.92. The largest absolute Gasteiger partial charge is 0.448 e. The van der Waals surface area contributed by atoms with E-state index in [1.807, 2.05) is 61.0 Å². The summed E-state index contributed by atoms with van der Waals surface area (Å²) in [7, 11) is -3.98. The van der Waals surface area contributed by atoms with Crippen molar-refractivity contribution in [2.24, 2.45) is 0 Å². The first kappa shape index (κ1) is 26.4. The predicted octanol–water partition coefficient (Wildman–Crippen LogP) is 4.78. The topological polar surface area (TPSA) is 111 Å². The standard InChI is InChI=1S/C28H31N3O5S/c1-5-26-29-24-18-21(28(3,4)33)10-15-25(24)31(26)22-11-8-20(9-12-22)16-17-36-27(32)30-37(34,35)23-13-6-19(2)7-14-23/h6-15,18,33H,5,16-17H2,1-4H3,(H,30,32). The fraction of sp³-hybridized carbons (Fsp3) is 0.286. The number of rotatable bonds is 8. The zero-order valence-electron chi connectivity index (χ0n) is 21.4. The average molecular weight is 522 g/mol. The molecule has 0 saturated heterocycles. The minimum absolute atomic E-state index is 0.000379. The van der Waals surface area contributed by atoms with Gasteiger partial charge in [-0.15, -0.1) is 0 Å². The Morgan fingerprint density at radius 1 is 1.05 bits per heavy atom. The molecule has 37 heavy (non-hydrogen) atoms. The maximum Gasteiger partial charge on any atom is 0.421 e. The Kier molecular flexibility index (Phi) is 7.38. The Balaban J connectivity index is 1.41. The Morgan fingerprint density at radius 2 is 1.73 bits per heavy atom. The number of aliphatic hydroxyl groups is 1. The van der Waals surface area contributed by atoms with Gasteiger partial charge < -0.3 is 9.84 Å². The second kappa shape index (κ2) is 10.4. The van der Waals surface area contributed by atoms with Crippen molar-refractivity contribution in [1.82, 2.24) is 14.3 Å². The molecule has 1 amide bonds. The minimum Gasteiger partial charge on any atom is -0.448 e. The van der Waals surface area contributed by atoms with Crippen molar-refractivity contribution in [3.63, 3.8) is 0 Å². The van der Waals surface area contributed by atoms with Crippen LogP contribution in [-0.2, 0) is 33.2 Å². The summed E-state index contributed by atoms with van der Waals surface area (Å²) in [6.45, 7) is 7.42. The lowest BCUT2D eigenvalue weighted by Crippen LogP contribution is -2.31. The van der Waals surface area contributed by atoms with Gasteiger partial charge in [0.1, 0.15) is 5.82 Å². The summed E-state index contributed by atoms with van der Waals surface area (Å²) in [6, 6.07) is 19.8. The zero-order chi connectivity index (χ0) is 26.8. The molecule has 1 aromatic heterocycles. The van der Waals surface area contributed by atoms with Gasteiger partial charge in [-0.05, 0) is 68.3 Å². The second-order valence-electron chi connectivity index (χ2n) is 9.45. The normalized spacial score (nSPS) is 12.0. The van der Waals surface area contributed by atoms with Crippen molar-refractivity contribution < 1.29 is 23.1 Å². The van der Waals surface area contributed by atoms with E-state index in [4.69, 9.17) is 9.72 Å². The van der Waals surface area contributed by atoms with Crippen LogP contribution in [0.1, 0.15) is 43.3 Å². The number of hydrogen-bond donors (Lipinski definition) is 2. The zero-order valence-corrected chi connectivity index (χ0v) is 22.2. The monoisotopic (exact) mass is 521 g/mol. The van der Waals surface area contributed by atoms with Gasteiger partial charge >= 0.3 is 6.09 Å². The number of sulfonamides is 1. The molecular formula is C28H31N3O5S. The number of ether oxygens (including phenoxy) is 1. The SMILES string of the molecule is CCc1nc2cc(C(C)(C)O)ccc2n1-c1ccc(CCOC(=O)NS(=O)(=O)c2ccc(C)cc2)cc1. The smallest absolute Gasteiger partial charge is 0.421 e. The van der Waals surface area contributed by atoms with Gasteiger partial charge in [-0.25, -0.2) is 22.9 Å². The Morgan fingerprint density at radius 3 is 2.35 bits per heavy atom. The van der Waals surface area contributed by atoms with Gasteiger partial charge in [0, 0.05) is 18.5 Å². The molecule has 0 aliphatic carbocycles. The maximum atomic E-state index is 12.3. The first-order chi connectivity index (χ1) is 17.5. The van der Waals surface area contributed by atoms with Crippen LogP contribution in [0.2, 0.25) is 0 Å². The highest BCUT2D eigenvalue weighted by Crippen LogP contribution is 2.27. The molecule has 0 atom stereocenters. The molecule has 2 N–H and O–H groups in total. The quantitative estimate of drug-likeness (QED) is 0.345. The van der Waals surface area contributed by atoms with Crippen molar-refractivity contribution in [2.45, 2.75) is 51.0 Å². The third kappa shape index (κ3) is 6.00. The molecule has 3 aromatic carbocycles. The molecule has 0 aliphatic heterocycles. The van der Waals surface area contributed by atoms with E-state index in [1.54, 1.807) is 26.0 Å². The first-order valence-corrected chi connectivity index (χ1v) is 13.6. The Hall–Kier alpha value is -3.69. The fourth-order valence-electron chi connectivity index (χ4n) is 4.02. The van der Waals surface area contributed by atoms with E-state index in [2.05, 4.69) is 4.57 Å². The number of carbonyl (C=O) groups is 1. The van der Waals surface area contributed by atoms with Gasteiger partial charge in [-0.2, -0.15) is 0 Å². The first-order valence-electron chi connectivity index (χ1n) is 12.1. The van der Waals surface area contributed by atoms with Gasteiger partial charge in [-0.1, -0.05) is 42.8 Å². The van der Waals surface area contributed by atoms with Crippen molar-refractivity contribution in [1.29, 1.82) is 0 Å². The number of nitrogens with one attached hydrogen (secondary N) is 1. The highest BCUT2D eigenvalue weighted by molar-refractivity contribution is 7.90. The summed E-state index contributed by atoms with van der Waals surface area (Å²) >= 11 is 0. The van der Waals surface area contributed by atoms with Gasteiger partial charge in [-0.3, -0.25) is 4.57 Å². The summed E-state index contributed by atoms with van der Waals surface area (Å²) in [5.74, 6) is 0.908. The molecular weight excluding hydrogens is 490 g/mol. The maximum absolute atomic E-state index is 12.3. The number of aromatic nitrogens is 2. The molecule has 0 bridgehead atoms. The van der Waals surface area contributed by atoms with Crippen molar-refractivity contribution >= 4 is 27.1 Å². The third-order valence-corrected chi connectivity index (χ3v) is 7.44. The van der Waals surface area contributed by atoms with Crippen LogP contribution in [0.3, 0.4) is 0 Å². The van der Waals surface area contributed by atoms with Crippen molar-refractivity contribution in [2.75, 3.05) is 6.61 Å². The minimum atomic E-state index is -3.98. The Labute approximate surface area is 217 Å². The number of fused-ring (bicyclic) bond motifs is 1. The average Bonchev–Trinajstić information content (AvgIpc) is 3.22. The van der Waals surface area contributed by atoms with Crippen LogP contribution in [-0.4, -0.2) is 35.8 Å². The number of benzene rings is 3. The molecule has 0 saturated carbocycles. The lowest BCUT2D eigenvalue weighted by atomic mass is 9.98. The second-order valence-corrected chi connectivity index (χ2v) is 11.1. The highest BCUT2D eigenvalue weighted by Gasteiger charge is 2.20. The Bertz CT molecular complexity index is 1520. The van der Waals surface area contributed by atoms with Crippen LogP contribution in [0.4, 0.5) is 4.79 Å². The van der Waals surface area contributed by atoms with Gasteiger partial charge in [0.2, 0.25) is 0 Å². The number of carbonyl (C=O) groups excluding carboxylic acids is 1. The van der Waals surface area contributed by atoms with Crippen molar-refractivity contribution in [3.8, 4) is 5.69 Å². The molecule has 4 aromatic rings. The molecule has 8 nitrogen and oxygen atoms in total. The van der Waals surface area contributed by atoms with E-state index in [9.17, 15) is 18.3 Å². The van der Waals surface area contributed by atoms with Crippen LogP contribution in [0.25, 0.3) is 16.7 Å². The van der Waals surface area contributed by atoms with E-state index < -0.39 is 21.7 Å². The highest BCUT2D eigenvalue weighted by atomic mass is 32.2. The number of aryl methyl sites for hydroxylation is 2. The lowest BCUT2D eigenvalue weighted by Gasteiger charge is -2.17. The van der Waals surface area contributed by atoms with Gasteiger partial charge in [0.05, 0.1) is 28.1 Å². The molecule has 1 heterocycles. The van der Waals surface area contributed by atoms with Crippen molar-refractivity contribution in [3.05, 3.63) is 89.2 Å². The molecule has 0 aliphatic rings. The summed E-state index contributed by atoms with van der Waals surface area (Å²) < 4.78 is 33.8. The number of nitrogens with zero attached hydrogens (tertiary/aromatic N) is 2. The number of hydrogen-bond acceptors (Lipinski definition) is 6. The van der Waals surface area contributed by atoms with E-state index in [-0.39, 0.29) is 11.5 Å². The number of amides is 1. The summed E-state index contributed by atoms with van der Waals surface area (Å²) in [6.07, 6.45) is 0.154. The molecule has 0 unspecified atom stereocenters. The number of imidazole rings is 1. The lowest BCUT2D eigenvalue weighted by molar-refractivity contribution is 0.0787. The molecule has 0 spiro atoms. The van der Waals surface area contributed by atoms with Crippen LogP contribution in [0, 0.1) is 6.92 Å². The van der Waals surface area contributed by atoms with Crippen LogP contribution in [0.15, 0.2) is 71.6 Å². The summed E-state index contributed by atoms with van der Waals surface area (Å²) in [5.41, 5.74) is 4.42. The van der Waals surface area contributed by atoms with Gasteiger partial charge in [0.25, 0.3) is 10.0 Å².